The van der Waals surface area contributed by atoms with Gasteiger partial charge < -0.3 is 9.47 Å². The average Bonchev–Trinajstić information content (AvgIpc) is 2.46. The Morgan fingerprint density at radius 1 is 0.900 bits per heavy atom. The van der Waals surface area contributed by atoms with Gasteiger partial charge in [-0.25, -0.2) is 9.59 Å². The molecule has 0 spiro atoms. The van der Waals surface area contributed by atoms with Crippen molar-refractivity contribution in [2.24, 2.45) is 0 Å². The Labute approximate surface area is 118 Å². The summed E-state index contributed by atoms with van der Waals surface area (Å²) in [6.45, 7) is 10.8. The van der Waals surface area contributed by atoms with Gasteiger partial charge in [-0.15, -0.1) is 0 Å². The van der Waals surface area contributed by atoms with Crippen LogP contribution in [0, 0.1) is 0 Å². The number of allylic oxidation sites excluding steroid dienone is 2. The van der Waals surface area contributed by atoms with Crippen molar-refractivity contribution < 1.29 is 19.1 Å². The van der Waals surface area contributed by atoms with E-state index in [1.54, 1.807) is 12.1 Å². The lowest BCUT2D eigenvalue weighted by molar-refractivity contribution is 0.0572. The minimum atomic E-state index is -0.619. The van der Waals surface area contributed by atoms with Crippen LogP contribution in [0.4, 0.5) is 0 Å². The third-order valence-corrected chi connectivity index (χ3v) is 2.63. The van der Waals surface area contributed by atoms with Crippen LogP contribution >= 0.6 is 0 Å². The fourth-order valence-corrected chi connectivity index (χ4v) is 1.36. The molecule has 4 heteroatoms. The van der Waals surface area contributed by atoms with Crippen molar-refractivity contribution in [3.05, 3.63) is 60.1 Å². The Bertz CT molecular complexity index is 494. The van der Waals surface area contributed by atoms with E-state index in [1.807, 2.05) is 13.8 Å². The highest BCUT2D eigenvalue weighted by Gasteiger charge is 2.20. The Morgan fingerprint density at radius 2 is 1.25 bits per heavy atom. The van der Waals surface area contributed by atoms with Gasteiger partial charge >= 0.3 is 11.9 Å². The van der Waals surface area contributed by atoms with Gasteiger partial charge in [-0.2, -0.15) is 0 Å². The maximum atomic E-state index is 12.0. The molecule has 106 valence electrons. The zero-order valence-electron chi connectivity index (χ0n) is 11.8. The predicted octanol–water partition coefficient (Wildman–Crippen LogP) is 3.85. The summed E-state index contributed by atoms with van der Waals surface area (Å²) >= 11 is 0. The van der Waals surface area contributed by atoms with E-state index >= 15 is 0 Å². The molecule has 4 nitrogen and oxygen atoms in total. The fourth-order valence-electron chi connectivity index (χ4n) is 1.36. The number of carbonyl (C=O) groups is 2. The molecule has 0 unspecified atom stereocenters. The van der Waals surface area contributed by atoms with Gasteiger partial charge in [0.1, 0.15) is 11.5 Å². The van der Waals surface area contributed by atoms with Gasteiger partial charge in [0.15, 0.2) is 0 Å². The van der Waals surface area contributed by atoms with E-state index in [2.05, 4.69) is 13.2 Å². The van der Waals surface area contributed by atoms with E-state index in [0.29, 0.717) is 24.4 Å². The second-order valence-electron chi connectivity index (χ2n) is 4.11. The lowest BCUT2D eigenvalue weighted by atomic mass is 10.1. The summed E-state index contributed by atoms with van der Waals surface area (Å²) in [4.78, 5) is 24.0. The van der Waals surface area contributed by atoms with Crippen LogP contribution in [0.15, 0.2) is 48.9 Å². The first-order valence-electron chi connectivity index (χ1n) is 6.38. The van der Waals surface area contributed by atoms with Gasteiger partial charge in [0.25, 0.3) is 0 Å². The molecular formula is C16H18O4. The number of carbonyl (C=O) groups excluding carboxylic acids is 2. The lowest BCUT2D eigenvalue weighted by Crippen LogP contribution is -2.13. The van der Waals surface area contributed by atoms with Crippen molar-refractivity contribution in [1.29, 1.82) is 0 Å². The van der Waals surface area contributed by atoms with E-state index in [9.17, 15) is 9.59 Å². The molecule has 0 saturated heterocycles. The maximum absolute atomic E-state index is 12.0. The zero-order valence-corrected chi connectivity index (χ0v) is 11.8. The second-order valence-corrected chi connectivity index (χ2v) is 4.11. The zero-order chi connectivity index (χ0) is 15.1. The third kappa shape index (κ3) is 4.09. The van der Waals surface area contributed by atoms with Crippen LogP contribution in [0.2, 0.25) is 0 Å². The highest BCUT2D eigenvalue weighted by atomic mass is 16.5. The van der Waals surface area contributed by atoms with Gasteiger partial charge in [-0.3, -0.25) is 0 Å². The highest BCUT2D eigenvalue weighted by molar-refractivity contribution is 6.03. The fraction of sp³-hybridized carbons (Fsp3) is 0.250. The van der Waals surface area contributed by atoms with Crippen molar-refractivity contribution in [3.63, 3.8) is 0 Å². The van der Waals surface area contributed by atoms with E-state index in [1.165, 1.54) is 12.1 Å². The third-order valence-electron chi connectivity index (χ3n) is 2.63. The Hall–Kier alpha value is -2.36. The molecule has 0 radical (unpaired) electrons. The molecule has 0 saturated carbocycles. The number of hydrogen-bond donors (Lipinski definition) is 0. The van der Waals surface area contributed by atoms with Crippen molar-refractivity contribution in [2.45, 2.75) is 26.7 Å². The first kappa shape index (κ1) is 15.7. The van der Waals surface area contributed by atoms with Gasteiger partial charge in [0.2, 0.25) is 0 Å². The number of esters is 2. The molecule has 0 aromatic heterocycles. The summed E-state index contributed by atoms with van der Waals surface area (Å²) in [5, 5.41) is 0. The largest absolute Gasteiger partial charge is 0.428 e. The van der Waals surface area contributed by atoms with Crippen LogP contribution in [0.3, 0.4) is 0 Å². The second kappa shape index (κ2) is 7.28. The molecule has 0 bridgehead atoms. The average molecular weight is 274 g/mol. The van der Waals surface area contributed by atoms with Crippen molar-refractivity contribution in [2.75, 3.05) is 0 Å². The molecule has 0 fully saturated rings. The quantitative estimate of drug-likeness (QED) is 0.584. The summed E-state index contributed by atoms with van der Waals surface area (Å²) in [5.41, 5.74) is 0.298. The number of benzene rings is 1. The highest BCUT2D eigenvalue weighted by Crippen LogP contribution is 2.16. The first-order valence-corrected chi connectivity index (χ1v) is 6.38. The Kier molecular flexibility index (Phi) is 5.72. The van der Waals surface area contributed by atoms with Gasteiger partial charge in [-0.05, 0) is 12.1 Å². The summed E-state index contributed by atoms with van der Waals surface area (Å²) in [7, 11) is 0. The maximum Gasteiger partial charge on any atom is 0.344 e. The summed E-state index contributed by atoms with van der Waals surface area (Å²) in [6.07, 6.45) is 1.04. The number of ether oxygens (including phenoxy) is 2. The van der Waals surface area contributed by atoms with Gasteiger partial charge in [0.05, 0.1) is 11.1 Å². The normalized spacial score (nSPS) is 9.70. The molecule has 0 aliphatic heterocycles. The standard InChI is InChI=1S/C16H18O4/c1-5-11(3)19-15(17)13-9-7-8-10-14(13)16(18)20-12(4)6-2/h7-10H,3-6H2,1-2H3. The predicted molar refractivity (Wildman–Crippen MR) is 76.1 cm³/mol. The summed E-state index contributed by atoms with van der Waals surface area (Å²) < 4.78 is 10.1. The lowest BCUT2D eigenvalue weighted by Gasteiger charge is -2.10. The van der Waals surface area contributed by atoms with Crippen molar-refractivity contribution >= 4 is 11.9 Å². The molecule has 0 amide bonds. The molecule has 1 aromatic carbocycles. The van der Waals surface area contributed by atoms with Gasteiger partial charge in [0, 0.05) is 12.8 Å². The molecule has 0 N–H and O–H groups in total. The molecule has 0 aliphatic rings. The number of hydrogen-bond acceptors (Lipinski definition) is 4. The molecule has 1 aromatic rings. The SMILES string of the molecule is C=C(CC)OC(=O)c1ccccc1C(=O)OC(=C)CC. The van der Waals surface area contributed by atoms with Crippen molar-refractivity contribution in [3.8, 4) is 0 Å². The van der Waals surface area contributed by atoms with Crippen LogP contribution in [0.1, 0.15) is 47.4 Å². The molecule has 0 aliphatic carbocycles. The van der Waals surface area contributed by atoms with Crippen LogP contribution in [-0.4, -0.2) is 11.9 Å². The van der Waals surface area contributed by atoms with E-state index in [4.69, 9.17) is 9.47 Å². The van der Waals surface area contributed by atoms with Crippen LogP contribution in [0.5, 0.6) is 0 Å². The minimum Gasteiger partial charge on any atom is -0.428 e. The number of rotatable bonds is 6. The van der Waals surface area contributed by atoms with Crippen LogP contribution < -0.4 is 0 Å². The van der Waals surface area contributed by atoms with Crippen LogP contribution in [-0.2, 0) is 9.47 Å². The first-order chi connectivity index (χ1) is 9.49. The minimum absolute atomic E-state index is 0.149. The topological polar surface area (TPSA) is 52.6 Å². The van der Waals surface area contributed by atoms with E-state index < -0.39 is 11.9 Å². The smallest absolute Gasteiger partial charge is 0.344 e. The van der Waals surface area contributed by atoms with E-state index in [0.717, 1.165) is 0 Å². The molecule has 0 atom stereocenters. The molecular weight excluding hydrogens is 256 g/mol. The summed E-state index contributed by atoms with van der Waals surface area (Å²) in [5.74, 6) is -0.551. The summed E-state index contributed by atoms with van der Waals surface area (Å²) in [6, 6.07) is 6.32. The molecule has 0 heterocycles. The van der Waals surface area contributed by atoms with Gasteiger partial charge in [-0.1, -0.05) is 39.1 Å². The van der Waals surface area contributed by atoms with Crippen molar-refractivity contribution in [1.82, 2.24) is 0 Å². The van der Waals surface area contributed by atoms with Crippen LogP contribution in [0.25, 0.3) is 0 Å². The molecule has 1 rings (SSSR count). The Morgan fingerprint density at radius 3 is 1.55 bits per heavy atom. The Balaban J connectivity index is 2.98. The van der Waals surface area contributed by atoms with E-state index in [-0.39, 0.29) is 11.1 Å². The monoisotopic (exact) mass is 274 g/mol. The molecule has 20 heavy (non-hydrogen) atoms.